The number of hydrogen-bond donors (Lipinski definition) is 3. The Morgan fingerprint density at radius 1 is 1.40 bits per heavy atom. The fourth-order valence-electron chi connectivity index (χ4n) is 2.30. The first-order valence-corrected chi connectivity index (χ1v) is 5.79. The Bertz CT molecular complexity index is 216. The van der Waals surface area contributed by atoms with E-state index in [0.29, 0.717) is 18.0 Å². The smallest absolute Gasteiger partial charge is 0.312 e. The lowest BCUT2D eigenvalue weighted by Crippen LogP contribution is -2.47. The van der Waals surface area contributed by atoms with Crippen molar-refractivity contribution in [3.63, 3.8) is 0 Å². The van der Waals surface area contributed by atoms with Gasteiger partial charge in [0.15, 0.2) is 0 Å². The topological polar surface area (TPSA) is 67.2 Å². The van der Waals surface area contributed by atoms with E-state index in [2.05, 4.69) is 24.5 Å². The molecule has 0 heterocycles. The Kier molecular flexibility index (Phi) is 4.39. The predicted octanol–water partition coefficient (Wildman–Crippen LogP) is 1.21. The van der Waals surface area contributed by atoms with Gasteiger partial charge in [-0.3, -0.25) is 0 Å². The van der Waals surface area contributed by atoms with Gasteiger partial charge >= 0.3 is 6.03 Å². The van der Waals surface area contributed by atoms with Crippen molar-refractivity contribution in [2.75, 3.05) is 13.1 Å². The van der Waals surface area contributed by atoms with E-state index in [4.69, 9.17) is 5.73 Å². The summed E-state index contributed by atoms with van der Waals surface area (Å²) in [5, 5.41) is 6.09. The number of rotatable bonds is 4. The number of carbonyl (C=O) groups excluding carboxylic acids is 1. The number of urea groups is 1. The van der Waals surface area contributed by atoms with Gasteiger partial charge in [-0.05, 0) is 18.3 Å². The summed E-state index contributed by atoms with van der Waals surface area (Å²) in [4.78, 5) is 10.5. The maximum absolute atomic E-state index is 10.5. The molecule has 0 bridgehead atoms. The van der Waals surface area contributed by atoms with Crippen LogP contribution in [0.5, 0.6) is 0 Å². The molecular formula is C11H23N3O. The molecule has 0 aromatic carbocycles. The molecule has 0 aromatic rings. The monoisotopic (exact) mass is 213 g/mol. The largest absolute Gasteiger partial charge is 0.352 e. The van der Waals surface area contributed by atoms with Crippen LogP contribution in [0.15, 0.2) is 0 Å². The maximum atomic E-state index is 10.5. The third-order valence-electron chi connectivity index (χ3n) is 3.32. The van der Waals surface area contributed by atoms with Gasteiger partial charge in [0.1, 0.15) is 0 Å². The van der Waals surface area contributed by atoms with Crippen LogP contribution < -0.4 is 16.4 Å². The molecule has 88 valence electrons. The van der Waals surface area contributed by atoms with Crippen LogP contribution in [-0.2, 0) is 0 Å². The molecule has 0 aromatic heterocycles. The fourth-order valence-corrected chi connectivity index (χ4v) is 2.30. The zero-order valence-electron chi connectivity index (χ0n) is 9.81. The van der Waals surface area contributed by atoms with E-state index < -0.39 is 6.03 Å². The van der Waals surface area contributed by atoms with Crippen molar-refractivity contribution >= 4 is 6.03 Å². The average molecular weight is 213 g/mol. The van der Waals surface area contributed by atoms with E-state index in [1.54, 1.807) is 0 Å². The lowest BCUT2D eigenvalue weighted by atomic mass is 9.73. The molecule has 15 heavy (non-hydrogen) atoms. The van der Waals surface area contributed by atoms with Crippen molar-refractivity contribution in [3.05, 3.63) is 0 Å². The normalized spacial score (nSPS) is 24.8. The second kappa shape index (κ2) is 5.35. The molecule has 2 amide bonds. The summed E-state index contributed by atoms with van der Waals surface area (Å²) >= 11 is 0. The molecule has 0 radical (unpaired) electrons. The highest BCUT2D eigenvalue weighted by Crippen LogP contribution is 2.35. The van der Waals surface area contributed by atoms with Crippen LogP contribution in [0.1, 0.15) is 39.5 Å². The summed E-state index contributed by atoms with van der Waals surface area (Å²) < 4.78 is 0. The molecular weight excluding hydrogens is 190 g/mol. The first-order valence-electron chi connectivity index (χ1n) is 5.79. The molecule has 0 saturated heterocycles. The van der Waals surface area contributed by atoms with Crippen molar-refractivity contribution < 1.29 is 4.79 Å². The van der Waals surface area contributed by atoms with E-state index in [9.17, 15) is 4.79 Å². The van der Waals surface area contributed by atoms with Gasteiger partial charge in [-0.2, -0.15) is 0 Å². The van der Waals surface area contributed by atoms with Crippen LogP contribution in [0.2, 0.25) is 0 Å². The number of amides is 2. The van der Waals surface area contributed by atoms with Crippen molar-refractivity contribution in [2.24, 2.45) is 11.1 Å². The van der Waals surface area contributed by atoms with Gasteiger partial charge in [0.2, 0.25) is 0 Å². The second-order valence-electron chi connectivity index (χ2n) is 5.03. The summed E-state index contributed by atoms with van der Waals surface area (Å²) in [7, 11) is 0. The SMILES string of the molecule is CC1(C)CCCCC1NCCNC(N)=O. The first-order chi connectivity index (χ1) is 7.02. The summed E-state index contributed by atoms with van der Waals surface area (Å²) in [5.41, 5.74) is 5.37. The molecule has 0 spiro atoms. The van der Waals surface area contributed by atoms with Crippen LogP contribution in [0.4, 0.5) is 4.79 Å². The number of hydrogen-bond acceptors (Lipinski definition) is 2. The summed E-state index contributed by atoms with van der Waals surface area (Å²) in [6, 6.07) is 0.126. The Hall–Kier alpha value is -0.770. The average Bonchev–Trinajstić information content (AvgIpc) is 2.13. The molecule has 1 aliphatic carbocycles. The van der Waals surface area contributed by atoms with Crippen molar-refractivity contribution in [1.29, 1.82) is 0 Å². The molecule has 4 nitrogen and oxygen atoms in total. The van der Waals surface area contributed by atoms with Gasteiger partial charge in [-0.15, -0.1) is 0 Å². The van der Waals surface area contributed by atoms with Gasteiger partial charge in [-0.1, -0.05) is 26.7 Å². The summed E-state index contributed by atoms with van der Waals surface area (Å²) in [6.45, 7) is 6.04. The van der Waals surface area contributed by atoms with Crippen LogP contribution in [0.25, 0.3) is 0 Å². The Morgan fingerprint density at radius 3 is 2.73 bits per heavy atom. The summed E-state index contributed by atoms with van der Waals surface area (Å²) in [5.74, 6) is 0. The molecule has 1 rings (SSSR count). The van der Waals surface area contributed by atoms with E-state index in [-0.39, 0.29) is 0 Å². The number of nitrogens with one attached hydrogen (secondary N) is 2. The highest BCUT2D eigenvalue weighted by Gasteiger charge is 2.31. The lowest BCUT2D eigenvalue weighted by Gasteiger charge is -2.39. The van der Waals surface area contributed by atoms with Crippen molar-refractivity contribution in [2.45, 2.75) is 45.6 Å². The number of nitrogens with two attached hydrogens (primary N) is 1. The molecule has 4 heteroatoms. The van der Waals surface area contributed by atoms with Crippen molar-refractivity contribution in [1.82, 2.24) is 10.6 Å². The Balaban J connectivity index is 2.21. The number of primary amides is 1. The first kappa shape index (κ1) is 12.3. The van der Waals surface area contributed by atoms with Gasteiger partial charge in [0.05, 0.1) is 0 Å². The highest BCUT2D eigenvalue weighted by molar-refractivity contribution is 5.71. The quantitative estimate of drug-likeness (QED) is 0.615. The molecule has 1 saturated carbocycles. The Morgan fingerprint density at radius 2 is 2.13 bits per heavy atom. The molecule has 1 unspecified atom stereocenters. The predicted molar refractivity (Wildman–Crippen MR) is 61.6 cm³/mol. The van der Waals surface area contributed by atoms with Crippen LogP contribution >= 0.6 is 0 Å². The third-order valence-corrected chi connectivity index (χ3v) is 3.32. The van der Waals surface area contributed by atoms with Crippen LogP contribution in [0, 0.1) is 5.41 Å². The minimum Gasteiger partial charge on any atom is -0.352 e. The lowest BCUT2D eigenvalue weighted by molar-refractivity contribution is 0.168. The van der Waals surface area contributed by atoms with Gasteiger partial charge in [-0.25, -0.2) is 4.79 Å². The molecule has 4 N–H and O–H groups in total. The van der Waals surface area contributed by atoms with E-state index in [0.717, 1.165) is 6.54 Å². The van der Waals surface area contributed by atoms with E-state index in [1.807, 2.05) is 0 Å². The van der Waals surface area contributed by atoms with Gasteiger partial charge in [0, 0.05) is 19.1 Å². The molecule has 0 aliphatic heterocycles. The third kappa shape index (κ3) is 4.08. The molecule has 1 atom stereocenters. The van der Waals surface area contributed by atoms with Gasteiger partial charge < -0.3 is 16.4 Å². The minimum atomic E-state index is -0.445. The van der Waals surface area contributed by atoms with E-state index in [1.165, 1.54) is 25.7 Å². The summed E-state index contributed by atoms with van der Waals surface area (Å²) in [6.07, 6.45) is 5.17. The van der Waals surface area contributed by atoms with Crippen LogP contribution in [0.3, 0.4) is 0 Å². The van der Waals surface area contributed by atoms with Crippen LogP contribution in [-0.4, -0.2) is 25.2 Å². The minimum absolute atomic E-state index is 0.380. The maximum Gasteiger partial charge on any atom is 0.312 e. The zero-order valence-corrected chi connectivity index (χ0v) is 9.81. The standard InChI is InChI=1S/C11H23N3O/c1-11(2)6-4-3-5-9(11)13-7-8-14-10(12)15/h9,13H,3-8H2,1-2H3,(H3,12,14,15). The second-order valence-corrected chi connectivity index (χ2v) is 5.03. The van der Waals surface area contributed by atoms with Gasteiger partial charge in [0.25, 0.3) is 0 Å². The number of carbonyl (C=O) groups is 1. The fraction of sp³-hybridized carbons (Fsp3) is 0.909. The highest BCUT2D eigenvalue weighted by atomic mass is 16.2. The zero-order chi connectivity index (χ0) is 11.3. The molecule has 1 fully saturated rings. The molecule has 1 aliphatic rings. The Labute approximate surface area is 92.0 Å². The van der Waals surface area contributed by atoms with E-state index >= 15 is 0 Å². The van der Waals surface area contributed by atoms with Crippen molar-refractivity contribution in [3.8, 4) is 0 Å².